The lowest BCUT2D eigenvalue weighted by atomic mass is 9.98. The van der Waals surface area contributed by atoms with Crippen molar-refractivity contribution in [3.05, 3.63) is 76.7 Å². The molecule has 4 rings (SSSR count). The maximum Gasteiger partial charge on any atom is 0.248 e. The molecule has 2 heterocycles. The summed E-state index contributed by atoms with van der Waals surface area (Å²) >= 11 is 0. The van der Waals surface area contributed by atoms with Crippen LogP contribution in [-0.4, -0.2) is 36.9 Å². The van der Waals surface area contributed by atoms with Crippen LogP contribution in [0, 0.1) is 26.7 Å². The molecule has 0 spiro atoms. The molecule has 1 atom stereocenters. The number of nitrogens with one attached hydrogen (secondary N) is 1. The number of nitrogens with zero attached hydrogens (tertiary/aromatic N) is 2. The summed E-state index contributed by atoms with van der Waals surface area (Å²) in [6.45, 7) is 6.03. The third-order valence-electron chi connectivity index (χ3n) is 6.28. The van der Waals surface area contributed by atoms with Gasteiger partial charge in [-0.15, -0.1) is 0 Å². The number of aryl methyl sites for hydroxylation is 2. The van der Waals surface area contributed by atoms with Gasteiger partial charge in [-0.1, -0.05) is 53.7 Å². The summed E-state index contributed by atoms with van der Waals surface area (Å²) in [5.74, 6) is -0.421. The van der Waals surface area contributed by atoms with E-state index in [0.29, 0.717) is 25.1 Å². The van der Waals surface area contributed by atoms with Crippen LogP contribution >= 0.6 is 0 Å². The number of hydrogen-bond donors (Lipinski definition) is 1. The Kier molecular flexibility index (Phi) is 7.00. The van der Waals surface area contributed by atoms with Crippen molar-refractivity contribution < 1.29 is 17.7 Å². The lowest BCUT2D eigenvalue weighted by molar-refractivity contribution is -0.120. The van der Waals surface area contributed by atoms with Crippen LogP contribution in [0.1, 0.15) is 41.0 Å². The fraction of sp³-hybridized carbons (Fsp3) is 0.308. The van der Waals surface area contributed by atoms with E-state index < -0.39 is 15.9 Å². The summed E-state index contributed by atoms with van der Waals surface area (Å²) in [6.07, 6.45) is 4.64. The second kappa shape index (κ2) is 9.95. The topological polar surface area (TPSA) is 92.5 Å². The number of piperidine rings is 1. The van der Waals surface area contributed by atoms with Crippen LogP contribution < -0.4 is 5.32 Å². The molecular weight excluding hydrogens is 450 g/mol. The molecule has 3 aromatic rings. The van der Waals surface area contributed by atoms with Crippen molar-refractivity contribution in [2.75, 3.05) is 18.4 Å². The Labute approximate surface area is 200 Å². The molecule has 1 aromatic heterocycles. The first-order valence-electron chi connectivity index (χ1n) is 11.3. The Hall–Kier alpha value is -3.23. The normalized spacial score (nSPS) is 17.2. The molecule has 0 saturated carbocycles. The van der Waals surface area contributed by atoms with Crippen LogP contribution in [0.4, 0.5) is 5.69 Å². The first-order valence-corrected chi connectivity index (χ1v) is 12.8. The highest BCUT2D eigenvalue weighted by atomic mass is 32.2. The highest BCUT2D eigenvalue weighted by molar-refractivity contribution is 7.89. The summed E-state index contributed by atoms with van der Waals surface area (Å²) in [5, 5.41) is 6.89. The molecule has 2 aromatic carbocycles. The van der Waals surface area contributed by atoms with E-state index in [2.05, 4.69) is 10.5 Å². The number of aromatic nitrogens is 1. The van der Waals surface area contributed by atoms with Crippen molar-refractivity contribution in [2.24, 2.45) is 5.92 Å². The molecular formula is C26H29N3O4S. The van der Waals surface area contributed by atoms with E-state index in [1.165, 1.54) is 4.31 Å². The summed E-state index contributed by atoms with van der Waals surface area (Å²) in [7, 11) is -3.89. The summed E-state index contributed by atoms with van der Waals surface area (Å²) in [5.41, 5.74) is 4.07. The minimum Gasteiger partial charge on any atom is -0.355 e. The van der Waals surface area contributed by atoms with Gasteiger partial charge in [0.05, 0.1) is 5.92 Å². The Morgan fingerprint density at radius 2 is 1.85 bits per heavy atom. The maximum absolute atomic E-state index is 13.6. The third-order valence-corrected chi connectivity index (χ3v) is 8.30. The van der Waals surface area contributed by atoms with Crippen LogP contribution in [0.25, 0.3) is 12.2 Å². The Bertz CT molecular complexity index is 1310. The van der Waals surface area contributed by atoms with Gasteiger partial charge >= 0.3 is 0 Å². The Morgan fingerprint density at radius 1 is 1.09 bits per heavy atom. The average molecular weight is 480 g/mol. The van der Waals surface area contributed by atoms with Gasteiger partial charge in [-0.25, -0.2) is 8.42 Å². The highest BCUT2D eigenvalue weighted by Gasteiger charge is 2.37. The van der Waals surface area contributed by atoms with Gasteiger partial charge in [0.1, 0.15) is 5.69 Å². The zero-order valence-electron chi connectivity index (χ0n) is 19.6. The molecule has 0 radical (unpaired) electrons. The maximum atomic E-state index is 13.6. The molecule has 1 aliphatic rings. The van der Waals surface area contributed by atoms with Crippen molar-refractivity contribution >= 4 is 33.8 Å². The lowest BCUT2D eigenvalue weighted by Gasteiger charge is -2.31. The summed E-state index contributed by atoms with van der Waals surface area (Å²) < 4.78 is 33.9. The number of amides is 1. The number of carbonyl (C=O) groups excluding carboxylic acids is 1. The second-order valence-corrected chi connectivity index (χ2v) is 10.5. The largest absolute Gasteiger partial charge is 0.355 e. The number of anilines is 1. The molecule has 7 nitrogen and oxygen atoms in total. The van der Waals surface area contributed by atoms with Gasteiger partial charge < -0.3 is 9.84 Å². The van der Waals surface area contributed by atoms with E-state index in [1.807, 2.05) is 62.4 Å². The van der Waals surface area contributed by atoms with Gasteiger partial charge in [-0.05, 0) is 62.4 Å². The van der Waals surface area contributed by atoms with Crippen molar-refractivity contribution in [3.8, 4) is 0 Å². The summed E-state index contributed by atoms with van der Waals surface area (Å²) in [6, 6.07) is 15.3. The van der Waals surface area contributed by atoms with Gasteiger partial charge in [-0.3, -0.25) is 4.79 Å². The highest BCUT2D eigenvalue weighted by Crippen LogP contribution is 2.30. The predicted octanol–water partition coefficient (Wildman–Crippen LogP) is 4.81. The van der Waals surface area contributed by atoms with Gasteiger partial charge in [0.2, 0.25) is 15.9 Å². The molecule has 178 valence electrons. The smallest absolute Gasteiger partial charge is 0.248 e. The fourth-order valence-corrected chi connectivity index (χ4v) is 5.93. The molecule has 0 aliphatic carbocycles. The van der Waals surface area contributed by atoms with E-state index in [0.717, 1.165) is 22.4 Å². The average Bonchev–Trinajstić information content (AvgIpc) is 3.22. The molecule has 1 aliphatic heterocycles. The van der Waals surface area contributed by atoms with Gasteiger partial charge in [0.25, 0.3) is 0 Å². The Balaban J connectivity index is 1.54. The number of hydrogen-bond acceptors (Lipinski definition) is 5. The van der Waals surface area contributed by atoms with Crippen molar-refractivity contribution in [2.45, 2.75) is 38.5 Å². The molecule has 1 amide bonds. The van der Waals surface area contributed by atoms with E-state index in [4.69, 9.17) is 4.52 Å². The van der Waals surface area contributed by atoms with Gasteiger partial charge in [0.15, 0.2) is 10.7 Å². The molecule has 1 saturated heterocycles. The molecule has 8 heteroatoms. The molecule has 0 bridgehead atoms. The second-order valence-electron chi connectivity index (χ2n) is 8.64. The number of carbonyl (C=O) groups is 1. The number of rotatable bonds is 6. The van der Waals surface area contributed by atoms with E-state index in [9.17, 15) is 13.2 Å². The van der Waals surface area contributed by atoms with Crippen LogP contribution in [0.5, 0.6) is 0 Å². The Morgan fingerprint density at radius 3 is 2.62 bits per heavy atom. The minimum atomic E-state index is -3.89. The molecule has 1 unspecified atom stereocenters. The predicted molar refractivity (Wildman–Crippen MR) is 133 cm³/mol. The number of sulfonamides is 1. The van der Waals surface area contributed by atoms with E-state index >= 15 is 0 Å². The zero-order chi connectivity index (χ0) is 24.3. The first kappa shape index (κ1) is 23.9. The van der Waals surface area contributed by atoms with Gasteiger partial charge in [-0.2, -0.15) is 4.31 Å². The standard InChI is InChI=1S/C26H29N3O4S/c1-18-9-7-13-23(19(18)2)27-26(30)22-12-8-16-29(17-22)34(31,32)25-20(3)28-33-24(25)15-14-21-10-5-4-6-11-21/h4-7,9-11,13-15,22H,8,12,16-17H2,1-3H3,(H,27,30). The van der Waals surface area contributed by atoms with Crippen LogP contribution in [0.3, 0.4) is 0 Å². The van der Waals surface area contributed by atoms with Crippen molar-refractivity contribution in [1.82, 2.24) is 9.46 Å². The van der Waals surface area contributed by atoms with Gasteiger partial charge in [0, 0.05) is 18.8 Å². The van der Waals surface area contributed by atoms with Crippen LogP contribution in [0.2, 0.25) is 0 Å². The van der Waals surface area contributed by atoms with E-state index in [-0.39, 0.29) is 23.1 Å². The summed E-state index contributed by atoms with van der Waals surface area (Å²) in [4.78, 5) is 13.1. The third kappa shape index (κ3) is 4.98. The van der Waals surface area contributed by atoms with Crippen molar-refractivity contribution in [1.29, 1.82) is 0 Å². The quantitative estimate of drug-likeness (QED) is 0.548. The van der Waals surface area contributed by atoms with E-state index in [1.54, 1.807) is 19.1 Å². The van der Waals surface area contributed by atoms with Crippen LogP contribution in [-0.2, 0) is 14.8 Å². The fourth-order valence-electron chi connectivity index (χ4n) is 4.16. The SMILES string of the molecule is Cc1cccc(NC(=O)C2CCCN(S(=O)(=O)c3c(C)noc3C=Cc3ccccc3)C2)c1C. The van der Waals surface area contributed by atoms with Crippen LogP contribution in [0.15, 0.2) is 57.9 Å². The monoisotopic (exact) mass is 479 g/mol. The zero-order valence-corrected chi connectivity index (χ0v) is 20.4. The number of benzene rings is 2. The first-order chi connectivity index (χ1) is 16.3. The molecule has 1 N–H and O–H groups in total. The lowest BCUT2D eigenvalue weighted by Crippen LogP contribution is -2.44. The minimum absolute atomic E-state index is 0.0512. The van der Waals surface area contributed by atoms with Crippen molar-refractivity contribution in [3.63, 3.8) is 0 Å². The molecule has 34 heavy (non-hydrogen) atoms. The molecule has 1 fully saturated rings.